The highest BCUT2D eigenvalue weighted by Gasteiger charge is 2.10. The summed E-state index contributed by atoms with van der Waals surface area (Å²) in [6.45, 7) is 0. The lowest BCUT2D eigenvalue weighted by Gasteiger charge is -2.07. The molecule has 16 heavy (non-hydrogen) atoms. The van der Waals surface area contributed by atoms with Crippen LogP contribution in [0.5, 0.6) is 0 Å². The molecule has 3 N–H and O–H groups in total. The van der Waals surface area contributed by atoms with Crippen molar-refractivity contribution in [2.45, 2.75) is 0 Å². The number of carbonyl (C=O) groups excluding carboxylic acids is 1. The van der Waals surface area contributed by atoms with Crippen molar-refractivity contribution < 1.29 is 4.79 Å². The number of imidazole rings is 1. The fourth-order valence-electron chi connectivity index (χ4n) is 1.28. The molecule has 1 amide bonds. The number of pyridine rings is 1. The van der Waals surface area contributed by atoms with Crippen LogP contribution in [0.3, 0.4) is 0 Å². The second kappa shape index (κ2) is 4.01. The lowest BCUT2D eigenvalue weighted by Crippen LogP contribution is -2.16. The smallest absolute Gasteiger partial charge is 0.273 e. The van der Waals surface area contributed by atoms with E-state index in [1.54, 1.807) is 30.2 Å². The van der Waals surface area contributed by atoms with Gasteiger partial charge in [0.1, 0.15) is 5.69 Å². The molecule has 0 fully saturated rings. The number of hydrogen-bond acceptors (Lipinski definition) is 4. The predicted molar refractivity (Wildman–Crippen MR) is 59.8 cm³/mol. The van der Waals surface area contributed by atoms with E-state index >= 15 is 0 Å². The van der Waals surface area contributed by atoms with Gasteiger partial charge in [0, 0.05) is 13.2 Å². The maximum absolute atomic E-state index is 11.8. The summed E-state index contributed by atoms with van der Waals surface area (Å²) >= 11 is 0. The van der Waals surface area contributed by atoms with Gasteiger partial charge in [-0.15, -0.1) is 0 Å². The Hall–Kier alpha value is -2.37. The van der Waals surface area contributed by atoms with Crippen LogP contribution in [0.2, 0.25) is 0 Å². The number of aryl methyl sites for hydroxylation is 1. The highest BCUT2D eigenvalue weighted by Crippen LogP contribution is 2.16. The maximum atomic E-state index is 11.8. The summed E-state index contributed by atoms with van der Waals surface area (Å²) in [7, 11) is 1.75. The minimum absolute atomic E-state index is 0.252. The van der Waals surface area contributed by atoms with Gasteiger partial charge in [-0.05, 0) is 6.07 Å². The molecule has 6 heteroatoms. The second-order valence-electron chi connectivity index (χ2n) is 3.31. The molecule has 0 aromatic carbocycles. The summed E-state index contributed by atoms with van der Waals surface area (Å²) < 4.78 is 1.63. The molecular weight excluding hydrogens is 206 g/mol. The lowest BCUT2D eigenvalue weighted by molar-refractivity contribution is 0.101. The number of nitrogens with zero attached hydrogens (tertiary/aromatic N) is 3. The average molecular weight is 217 g/mol. The lowest BCUT2D eigenvalue weighted by atomic mass is 10.3. The summed E-state index contributed by atoms with van der Waals surface area (Å²) in [6, 6.07) is 1.64. The Kier molecular flexibility index (Phi) is 2.55. The number of amides is 1. The molecule has 0 aliphatic carbocycles. The van der Waals surface area contributed by atoms with Crippen LogP contribution in [-0.4, -0.2) is 20.4 Å². The first kappa shape index (κ1) is 10.2. The van der Waals surface area contributed by atoms with Crippen LogP contribution in [0, 0.1) is 0 Å². The summed E-state index contributed by atoms with van der Waals surface area (Å²) in [5.74, 6) is -0.252. The Labute approximate surface area is 92.1 Å². The zero-order chi connectivity index (χ0) is 11.5. The monoisotopic (exact) mass is 217 g/mol. The molecular formula is C10H11N5O. The summed E-state index contributed by atoms with van der Waals surface area (Å²) in [5.41, 5.74) is 7.10. The molecule has 0 radical (unpaired) electrons. The summed E-state index contributed by atoms with van der Waals surface area (Å²) in [4.78, 5) is 19.5. The van der Waals surface area contributed by atoms with Gasteiger partial charge in [0.05, 0.1) is 30.1 Å². The highest BCUT2D eigenvalue weighted by molar-refractivity contribution is 6.04. The van der Waals surface area contributed by atoms with Gasteiger partial charge in [-0.1, -0.05) is 0 Å². The first-order valence-electron chi connectivity index (χ1n) is 4.65. The molecule has 2 aromatic heterocycles. The number of rotatable bonds is 2. The van der Waals surface area contributed by atoms with E-state index in [2.05, 4.69) is 15.3 Å². The number of hydrogen-bond donors (Lipinski definition) is 2. The van der Waals surface area contributed by atoms with Crippen LogP contribution < -0.4 is 11.1 Å². The standard InChI is InChI=1S/C10H11N5O/c1-15-6-13-5-9(15)10(16)14-8-2-3-12-4-7(8)11/h2-6H,11H2,1H3,(H,12,14,16). The van der Waals surface area contributed by atoms with Crippen LogP contribution in [0.1, 0.15) is 10.5 Å². The molecule has 2 aromatic rings. The van der Waals surface area contributed by atoms with Crippen LogP contribution >= 0.6 is 0 Å². The quantitative estimate of drug-likeness (QED) is 0.773. The van der Waals surface area contributed by atoms with Crippen molar-refractivity contribution in [3.63, 3.8) is 0 Å². The van der Waals surface area contributed by atoms with Gasteiger partial charge in [0.25, 0.3) is 5.91 Å². The molecule has 0 unspecified atom stereocenters. The molecule has 2 rings (SSSR count). The first-order valence-corrected chi connectivity index (χ1v) is 4.65. The summed E-state index contributed by atoms with van der Waals surface area (Å²) in [6.07, 6.45) is 6.10. The zero-order valence-corrected chi connectivity index (χ0v) is 8.71. The van der Waals surface area contributed by atoms with E-state index in [1.807, 2.05) is 0 Å². The molecule has 82 valence electrons. The second-order valence-corrected chi connectivity index (χ2v) is 3.31. The minimum Gasteiger partial charge on any atom is -0.396 e. The van der Waals surface area contributed by atoms with Crippen molar-refractivity contribution in [2.75, 3.05) is 11.1 Å². The van der Waals surface area contributed by atoms with E-state index in [9.17, 15) is 4.79 Å². The van der Waals surface area contributed by atoms with Gasteiger partial charge < -0.3 is 15.6 Å². The molecule has 2 heterocycles. The molecule has 0 saturated heterocycles. The highest BCUT2D eigenvalue weighted by atomic mass is 16.2. The third-order valence-electron chi connectivity index (χ3n) is 2.15. The van der Waals surface area contributed by atoms with Crippen molar-refractivity contribution in [3.05, 3.63) is 36.7 Å². The Morgan fingerprint density at radius 1 is 1.44 bits per heavy atom. The van der Waals surface area contributed by atoms with E-state index in [0.29, 0.717) is 17.1 Å². The van der Waals surface area contributed by atoms with Crippen LogP contribution in [0.25, 0.3) is 0 Å². The van der Waals surface area contributed by atoms with E-state index < -0.39 is 0 Å². The fourth-order valence-corrected chi connectivity index (χ4v) is 1.28. The van der Waals surface area contributed by atoms with Crippen LogP contribution in [-0.2, 0) is 7.05 Å². The zero-order valence-electron chi connectivity index (χ0n) is 8.71. The number of nitrogens with one attached hydrogen (secondary N) is 1. The van der Waals surface area contributed by atoms with Crippen molar-refractivity contribution in [1.29, 1.82) is 0 Å². The molecule has 0 aliphatic rings. The number of nitrogens with two attached hydrogens (primary N) is 1. The minimum atomic E-state index is -0.252. The molecule has 0 aliphatic heterocycles. The Morgan fingerprint density at radius 3 is 2.88 bits per heavy atom. The van der Waals surface area contributed by atoms with E-state index in [1.165, 1.54) is 12.4 Å². The van der Waals surface area contributed by atoms with Crippen LogP contribution in [0.15, 0.2) is 31.0 Å². The Balaban J connectivity index is 2.21. The molecule has 0 spiro atoms. The molecule has 0 saturated carbocycles. The van der Waals surface area contributed by atoms with E-state index in [-0.39, 0.29) is 5.91 Å². The number of aromatic nitrogens is 3. The average Bonchev–Trinajstić information content (AvgIpc) is 2.68. The van der Waals surface area contributed by atoms with Crippen molar-refractivity contribution in [1.82, 2.24) is 14.5 Å². The van der Waals surface area contributed by atoms with Gasteiger partial charge in [0.15, 0.2) is 0 Å². The van der Waals surface area contributed by atoms with Gasteiger partial charge in [-0.2, -0.15) is 0 Å². The van der Waals surface area contributed by atoms with Crippen molar-refractivity contribution in [2.24, 2.45) is 7.05 Å². The molecule has 0 atom stereocenters. The molecule has 6 nitrogen and oxygen atoms in total. The van der Waals surface area contributed by atoms with Crippen molar-refractivity contribution in [3.8, 4) is 0 Å². The first-order chi connectivity index (χ1) is 7.68. The topological polar surface area (TPSA) is 85.8 Å². The Bertz CT molecular complexity index is 519. The molecule has 0 bridgehead atoms. The normalized spacial score (nSPS) is 10.1. The predicted octanol–water partition coefficient (Wildman–Crippen LogP) is 0.650. The fraction of sp³-hybridized carbons (Fsp3) is 0.100. The third-order valence-corrected chi connectivity index (χ3v) is 2.15. The SMILES string of the molecule is Cn1cncc1C(=O)Nc1ccncc1N. The third kappa shape index (κ3) is 1.85. The van der Waals surface area contributed by atoms with Gasteiger partial charge in [-0.3, -0.25) is 9.78 Å². The van der Waals surface area contributed by atoms with Gasteiger partial charge in [0.2, 0.25) is 0 Å². The number of carbonyl (C=O) groups is 1. The number of nitrogen functional groups attached to an aromatic ring is 1. The van der Waals surface area contributed by atoms with Crippen molar-refractivity contribution >= 4 is 17.3 Å². The van der Waals surface area contributed by atoms with Gasteiger partial charge >= 0.3 is 0 Å². The summed E-state index contributed by atoms with van der Waals surface area (Å²) in [5, 5.41) is 2.69. The van der Waals surface area contributed by atoms with E-state index in [4.69, 9.17) is 5.73 Å². The number of anilines is 2. The Morgan fingerprint density at radius 2 is 2.25 bits per heavy atom. The van der Waals surface area contributed by atoms with Gasteiger partial charge in [-0.25, -0.2) is 4.98 Å². The maximum Gasteiger partial charge on any atom is 0.273 e. The van der Waals surface area contributed by atoms with E-state index in [0.717, 1.165) is 0 Å². The van der Waals surface area contributed by atoms with Crippen LogP contribution in [0.4, 0.5) is 11.4 Å². The largest absolute Gasteiger partial charge is 0.396 e.